The molecule has 0 aromatic heterocycles. The number of rotatable bonds is 6. The lowest BCUT2D eigenvalue weighted by Crippen LogP contribution is -2.25. The Kier molecular flexibility index (Phi) is 5.20. The van der Waals surface area contributed by atoms with Crippen LogP contribution in [0.2, 0.25) is 0 Å². The fourth-order valence-corrected chi connectivity index (χ4v) is 2.56. The number of carbonyl (C=O) groups is 2. The van der Waals surface area contributed by atoms with Gasteiger partial charge in [0.05, 0.1) is 20.1 Å². The second kappa shape index (κ2) is 7.11. The number of ether oxygens (including phenoxy) is 2. The molecule has 0 atom stereocenters. The Balaban J connectivity index is 2.01. The molecule has 1 aromatic carbocycles. The minimum absolute atomic E-state index is 0.0385. The van der Waals surface area contributed by atoms with E-state index in [9.17, 15) is 9.59 Å². The summed E-state index contributed by atoms with van der Waals surface area (Å²) in [4.78, 5) is 25.3. The van der Waals surface area contributed by atoms with Gasteiger partial charge in [-0.1, -0.05) is 12.7 Å². The van der Waals surface area contributed by atoms with Crippen molar-refractivity contribution in [3.8, 4) is 5.75 Å². The van der Waals surface area contributed by atoms with Crippen LogP contribution in [0.5, 0.6) is 5.75 Å². The van der Waals surface area contributed by atoms with Crippen LogP contribution >= 0.6 is 0 Å². The predicted octanol–water partition coefficient (Wildman–Crippen LogP) is 2.52. The molecule has 5 heteroatoms. The molecule has 0 unspecified atom stereocenters. The molecule has 1 amide bonds. The van der Waals surface area contributed by atoms with Crippen molar-refractivity contribution < 1.29 is 19.1 Å². The van der Waals surface area contributed by atoms with Crippen molar-refractivity contribution in [3.05, 3.63) is 35.4 Å². The highest BCUT2D eigenvalue weighted by Gasteiger charge is 2.25. The van der Waals surface area contributed by atoms with Gasteiger partial charge in [0, 0.05) is 25.1 Å². The van der Waals surface area contributed by atoms with Gasteiger partial charge in [-0.25, -0.2) is 0 Å². The SMILES string of the molecule is C=Cc1cc2c(cc1OC)CN(C(=O)CCC(=O)OCC)C2. The van der Waals surface area contributed by atoms with E-state index in [4.69, 9.17) is 9.47 Å². The predicted molar refractivity (Wildman–Crippen MR) is 83.2 cm³/mol. The molecule has 0 spiro atoms. The zero-order valence-corrected chi connectivity index (χ0v) is 13.1. The first kappa shape index (κ1) is 16.1. The summed E-state index contributed by atoms with van der Waals surface area (Å²) in [6.07, 6.45) is 2.05. The molecule has 22 heavy (non-hydrogen) atoms. The summed E-state index contributed by atoms with van der Waals surface area (Å²) in [6, 6.07) is 3.95. The minimum Gasteiger partial charge on any atom is -0.496 e. The topological polar surface area (TPSA) is 55.8 Å². The summed E-state index contributed by atoms with van der Waals surface area (Å²) in [6.45, 7) is 6.97. The molecule has 5 nitrogen and oxygen atoms in total. The number of benzene rings is 1. The minimum atomic E-state index is -0.330. The Morgan fingerprint density at radius 2 is 1.95 bits per heavy atom. The number of methoxy groups -OCH3 is 1. The third-order valence-electron chi connectivity index (χ3n) is 3.70. The van der Waals surface area contributed by atoms with Gasteiger partial charge in [-0.2, -0.15) is 0 Å². The third-order valence-corrected chi connectivity index (χ3v) is 3.70. The van der Waals surface area contributed by atoms with Crippen molar-refractivity contribution >= 4 is 18.0 Å². The van der Waals surface area contributed by atoms with E-state index >= 15 is 0 Å². The summed E-state index contributed by atoms with van der Waals surface area (Å²) in [7, 11) is 1.62. The van der Waals surface area contributed by atoms with E-state index in [0.29, 0.717) is 19.7 Å². The molecular weight excluding hydrogens is 282 g/mol. The van der Waals surface area contributed by atoms with E-state index in [1.54, 1.807) is 25.0 Å². The second-order valence-corrected chi connectivity index (χ2v) is 5.12. The Morgan fingerprint density at radius 1 is 1.27 bits per heavy atom. The number of fused-ring (bicyclic) bond motifs is 1. The third kappa shape index (κ3) is 3.47. The molecule has 0 N–H and O–H groups in total. The van der Waals surface area contributed by atoms with E-state index < -0.39 is 0 Å². The summed E-state index contributed by atoms with van der Waals surface area (Å²) in [5.74, 6) is 0.390. The lowest BCUT2D eigenvalue weighted by Gasteiger charge is -2.14. The molecule has 0 aliphatic carbocycles. The largest absolute Gasteiger partial charge is 0.496 e. The Hall–Kier alpha value is -2.30. The molecule has 1 heterocycles. The highest BCUT2D eigenvalue weighted by atomic mass is 16.5. The number of amides is 1. The van der Waals surface area contributed by atoms with Crippen LogP contribution in [0.3, 0.4) is 0 Å². The zero-order valence-electron chi connectivity index (χ0n) is 13.1. The summed E-state index contributed by atoms with van der Waals surface area (Å²) in [5.41, 5.74) is 3.09. The molecular formula is C17H21NO4. The van der Waals surface area contributed by atoms with Gasteiger partial charge < -0.3 is 14.4 Å². The van der Waals surface area contributed by atoms with E-state index in [1.165, 1.54) is 0 Å². The Bertz CT molecular complexity index is 595. The van der Waals surface area contributed by atoms with Gasteiger partial charge >= 0.3 is 5.97 Å². The monoisotopic (exact) mass is 303 g/mol. The maximum Gasteiger partial charge on any atom is 0.306 e. The highest BCUT2D eigenvalue weighted by Crippen LogP contribution is 2.31. The zero-order chi connectivity index (χ0) is 16.1. The standard InChI is InChI=1S/C17H21NO4/c1-4-12-8-13-10-18(11-14(13)9-15(12)21-3)16(19)6-7-17(20)22-5-2/h4,8-9H,1,5-7,10-11H2,2-3H3. The molecule has 1 aliphatic rings. The van der Waals surface area contributed by atoms with Crippen molar-refractivity contribution in [1.29, 1.82) is 0 Å². The van der Waals surface area contributed by atoms with Gasteiger partial charge in [0.15, 0.2) is 0 Å². The van der Waals surface area contributed by atoms with E-state index in [2.05, 4.69) is 6.58 Å². The van der Waals surface area contributed by atoms with Gasteiger partial charge in [-0.15, -0.1) is 0 Å². The maximum absolute atomic E-state index is 12.2. The number of hydrogen-bond donors (Lipinski definition) is 0. The average Bonchev–Trinajstić information content (AvgIpc) is 2.94. The fraction of sp³-hybridized carbons (Fsp3) is 0.412. The lowest BCUT2D eigenvalue weighted by molar-refractivity contribution is -0.145. The smallest absolute Gasteiger partial charge is 0.306 e. The summed E-state index contributed by atoms with van der Waals surface area (Å²) in [5, 5.41) is 0. The molecule has 0 fully saturated rings. The van der Waals surface area contributed by atoms with Crippen LogP contribution < -0.4 is 4.74 Å². The number of hydrogen-bond acceptors (Lipinski definition) is 4. The van der Waals surface area contributed by atoms with Crippen molar-refractivity contribution in [2.24, 2.45) is 0 Å². The van der Waals surface area contributed by atoms with Crippen LogP contribution in [0.15, 0.2) is 18.7 Å². The quantitative estimate of drug-likeness (QED) is 0.758. The van der Waals surface area contributed by atoms with Gasteiger partial charge in [-0.3, -0.25) is 9.59 Å². The van der Waals surface area contributed by atoms with Gasteiger partial charge in [0.25, 0.3) is 0 Å². The molecule has 0 radical (unpaired) electrons. The van der Waals surface area contributed by atoms with Crippen molar-refractivity contribution in [1.82, 2.24) is 4.90 Å². The van der Waals surface area contributed by atoms with Gasteiger partial charge in [0.2, 0.25) is 5.91 Å². The molecule has 2 rings (SSSR count). The molecule has 1 aromatic rings. The van der Waals surface area contributed by atoms with E-state index in [1.807, 2.05) is 12.1 Å². The van der Waals surface area contributed by atoms with E-state index in [-0.39, 0.29) is 24.7 Å². The van der Waals surface area contributed by atoms with Crippen LogP contribution in [0.4, 0.5) is 0 Å². The average molecular weight is 303 g/mol. The number of nitrogens with zero attached hydrogens (tertiary/aromatic N) is 1. The maximum atomic E-state index is 12.2. The summed E-state index contributed by atoms with van der Waals surface area (Å²) >= 11 is 0. The normalized spacial score (nSPS) is 12.7. The lowest BCUT2D eigenvalue weighted by atomic mass is 10.1. The molecule has 0 saturated heterocycles. The Labute approximate surface area is 130 Å². The number of esters is 1. The van der Waals surface area contributed by atoms with Crippen LogP contribution in [0, 0.1) is 0 Å². The first-order valence-corrected chi connectivity index (χ1v) is 7.34. The number of carbonyl (C=O) groups excluding carboxylic acids is 2. The molecule has 0 saturated carbocycles. The fourth-order valence-electron chi connectivity index (χ4n) is 2.56. The second-order valence-electron chi connectivity index (χ2n) is 5.12. The van der Waals surface area contributed by atoms with Crippen LogP contribution in [-0.4, -0.2) is 30.5 Å². The van der Waals surface area contributed by atoms with Crippen molar-refractivity contribution in [3.63, 3.8) is 0 Å². The van der Waals surface area contributed by atoms with Crippen LogP contribution in [-0.2, 0) is 27.4 Å². The molecule has 0 bridgehead atoms. The highest BCUT2D eigenvalue weighted by molar-refractivity contribution is 5.82. The van der Waals surface area contributed by atoms with Crippen molar-refractivity contribution in [2.75, 3.05) is 13.7 Å². The van der Waals surface area contributed by atoms with Crippen molar-refractivity contribution in [2.45, 2.75) is 32.9 Å². The first-order chi connectivity index (χ1) is 10.6. The van der Waals surface area contributed by atoms with E-state index in [0.717, 1.165) is 22.4 Å². The van der Waals surface area contributed by atoms with Gasteiger partial charge in [-0.05, 0) is 30.2 Å². The molecule has 118 valence electrons. The van der Waals surface area contributed by atoms with Crippen LogP contribution in [0.25, 0.3) is 6.08 Å². The van der Waals surface area contributed by atoms with Crippen LogP contribution in [0.1, 0.15) is 36.5 Å². The Morgan fingerprint density at radius 3 is 2.55 bits per heavy atom. The molecule has 1 aliphatic heterocycles. The first-order valence-electron chi connectivity index (χ1n) is 7.34. The summed E-state index contributed by atoms with van der Waals surface area (Å²) < 4.78 is 10.2. The van der Waals surface area contributed by atoms with Gasteiger partial charge in [0.1, 0.15) is 5.75 Å².